The maximum absolute atomic E-state index is 12.0. The molecule has 0 aromatic carbocycles. The maximum atomic E-state index is 12.0. The third kappa shape index (κ3) is 25.2. The minimum absolute atomic E-state index is 0.0726. The summed E-state index contributed by atoms with van der Waals surface area (Å²) >= 11 is 0. The van der Waals surface area contributed by atoms with Crippen LogP contribution in [-0.4, -0.2) is 36.4 Å². The molecule has 0 spiro atoms. The van der Waals surface area contributed by atoms with Crippen LogP contribution in [0.4, 0.5) is 0 Å². The van der Waals surface area contributed by atoms with Crippen LogP contribution in [0.5, 0.6) is 0 Å². The molecule has 5 nitrogen and oxygen atoms in total. The van der Waals surface area contributed by atoms with Crippen molar-refractivity contribution in [1.82, 2.24) is 0 Å². The molecule has 0 saturated carbocycles. The smallest absolute Gasteiger partial charge is 0.306 e. The number of aliphatic hydroxyl groups excluding tert-OH is 1. The van der Waals surface area contributed by atoms with Crippen molar-refractivity contribution >= 4 is 11.9 Å². The van der Waals surface area contributed by atoms with Crippen molar-refractivity contribution in [3.63, 3.8) is 0 Å². The van der Waals surface area contributed by atoms with Gasteiger partial charge in [-0.15, -0.1) is 0 Å². The zero-order chi connectivity index (χ0) is 26.5. The topological polar surface area (TPSA) is 72.8 Å². The lowest BCUT2D eigenvalue weighted by Gasteiger charge is -2.15. The molecule has 0 saturated heterocycles. The largest absolute Gasteiger partial charge is 0.462 e. The molecule has 0 aromatic rings. The Morgan fingerprint density at radius 2 is 1.19 bits per heavy atom. The average Bonchev–Trinajstić information content (AvgIpc) is 2.88. The van der Waals surface area contributed by atoms with Crippen LogP contribution >= 0.6 is 0 Å². The van der Waals surface area contributed by atoms with Crippen LogP contribution in [0, 0.1) is 0 Å². The van der Waals surface area contributed by atoms with Gasteiger partial charge < -0.3 is 14.6 Å². The van der Waals surface area contributed by atoms with Crippen molar-refractivity contribution in [2.24, 2.45) is 0 Å². The van der Waals surface area contributed by atoms with Crippen molar-refractivity contribution in [3.05, 3.63) is 36.5 Å². The molecule has 0 unspecified atom stereocenters. The van der Waals surface area contributed by atoms with E-state index >= 15 is 0 Å². The molecule has 0 radical (unpaired) electrons. The number of hydrogen-bond donors (Lipinski definition) is 1. The fourth-order valence-electron chi connectivity index (χ4n) is 3.74. The first-order valence-electron chi connectivity index (χ1n) is 14.5. The first kappa shape index (κ1) is 34.1. The average molecular weight is 507 g/mol. The monoisotopic (exact) mass is 506 g/mol. The van der Waals surface area contributed by atoms with Crippen LogP contribution in [-0.2, 0) is 19.1 Å². The van der Waals surface area contributed by atoms with Gasteiger partial charge in [-0.05, 0) is 44.9 Å². The highest BCUT2D eigenvalue weighted by molar-refractivity contribution is 5.70. The summed E-state index contributed by atoms with van der Waals surface area (Å²) in [7, 11) is 0. The van der Waals surface area contributed by atoms with Gasteiger partial charge in [-0.2, -0.15) is 0 Å². The Labute approximate surface area is 221 Å². The normalized spacial score (nSPS) is 12.6. The number of rotatable bonds is 25. The molecule has 0 aliphatic carbocycles. The molecule has 5 heteroatoms. The lowest BCUT2D eigenvalue weighted by atomic mass is 10.1. The summed E-state index contributed by atoms with van der Waals surface area (Å²) in [6.07, 6.45) is 30.6. The Morgan fingerprint density at radius 3 is 1.81 bits per heavy atom. The van der Waals surface area contributed by atoms with E-state index in [1.54, 1.807) is 0 Å². The van der Waals surface area contributed by atoms with E-state index in [-0.39, 0.29) is 25.2 Å². The number of hydrogen-bond acceptors (Lipinski definition) is 5. The highest BCUT2D eigenvalue weighted by Gasteiger charge is 2.16. The quantitative estimate of drug-likeness (QED) is 0.0768. The van der Waals surface area contributed by atoms with Gasteiger partial charge in [0.25, 0.3) is 0 Å². The van der Waals surface area contributed by atoms with Crippen LogP contribution in [0.3, 0.4) is 0 Å². The van der Waals surface area contributed by atoms with Crippen LogP contribution in [0.25, 0.3) is 0 Å². The Morgan fingerprint density at radius 1 is 0.667 bits per heavy atom. The molecule has 0 amide bonds. The third-order valence-electron chi connectivity index (χ3n) is 5.95. The summed E-state index contributed by atoms with van der Waals surface area (Å²) in [4.78, 5) is 23.9. The Hall–Kier alpha value is -1.88. The molecular weight excluding hydrogens is 452 g/mol. The summed E-state index contributed by atoms with van der Waals surface area (Å²) < 4.78 is 10.4. The zero-order valence-electron chi connectivity index (χ0n) is 23.3. The SMILES string of the molecule is CC/C=C/C/C=C/C/C=C/CCCCCCCC(=O)O[C@@H](CO)COC(=O)CCCCCCCCC. The van der Waals surface area contributed by atoms with Gasteiger partial charge in [0, 0.05) is 12.8 Å². The van der Waals surface area contributed by atoms with Crippen LogP contribution in [0.1, 0.15) is 129 Å². The van der Waals surface area contributed by atoms with Crippen LogP contribution in [0.2, 0.25) is 0 Å². The molecule has 0 heterocycles. The second-order valence-electron chi connectivity index (χ2n) is 9.45. The minimum Gasteiger partial charge on any atom is -0.462 e. The molecule has 36 heavy (non-hydrogen) atoms. The number of carbonyl (C=O) groups excluding carboxylic acids is 2. The van der Waals surface area contributed by atoms with E-state index in [0.29, 0.717) is 12.8 Å². The number of ether oxygens (including phenoxy) is 2. The van der Waals surface area contributed by atoms with E-state index in [1.165, 1.54) is 32.1 Å². The lowest BCUT2D eigenvalue weighted by molar-refractivity contribution is -0.161. The summed E-state index contributed by atoms with van der Waals surface area (Å²) in [5.41, 5.74) is 0. The first-order chi connectivity index (χ1) is 17.6. The maximum Gasteiger partial charge on any atom is 0.306 e. The second kappa shape index (κ2) is 27.7. The number of allylic oxidation sites excluding steroid dienone is 6. The fraction of sp³-hybridized carbons (Fsp3) is 0.742. The molecule has 1 N–H and O–H groups in total. The summed E-state index contributed by atoms with van der Waals surface area (Å²) in [6, 6.07) is 0. The first-order valence-corrected chi connectivity index (χ1v) is 14.5. The van der Waals surface area contributed by atoms with E-state index in [0.717, 1.165) is 70.6 Å². The zero-order valence-corrected chi connectivity index (χ0v) is 23.3. The van der Waals surface area contributed by atoms with Gasteiger partial charge >= 0.3 is 11.9 Å². The summed E-state index contributed by atoms with van der Waals surface area (Å²) in [6.45, 7) is 3.93. The van der Waals surface area contributed by atoms with E-state index in [2.05, 4.69) is 50.3 Å². The molecule has 208 valence electrons. The lowest BCUT2D eigenvalue weighted by Crippen LogP contribution is -2.28. The summed E-state index contributed by atoms with van der Waals surface area (Å²) in [5, 5.41) is 9.43. The number of aliphatic hydroxyl groups is 1. The van der Waals surface area contributed by atoms with E-state index in [1.807, 2.05) is 0 Å². The van der Waals surface area contributed by atoms with E-state index in [9.17, 15) is 14.7 Å². The number of carbonyl (C=O) groups is 2. The van der Waals surface area contributed by atoms with Gasteiger partial charge in [0.15, 0.2) is 6.10 Å². The van der Waals surface area contributed by atoms with Gasteiger partial charge in [0.05, 0.1) is 6.61 Å². The fourth-order valence-corrected chi connectivity index (χ4v) is 3.74. The second-order valence-corrected chi connectivity index (χ2v) is 9.45. The van der Waals surface area contributed by atoms with Crippen molar-refractivity contribution in [1.29, 1.82) is 0 Å². The third-order valence-corrected chi connectivity index (χ3v) is 5.95. The standard InChI is InChI=1S/C31H54O5/c1-3-5-7-9-11-12-13-14-15-16-17-18-20-22-24-26-31(34)36-29(27-32)28-35-30(33)25-23-21-19-10-8-6-4-2/h5,7,11-12,14-15,29,32H,3-4,6,8-10,13,16-28H2,1-2H3/b7-5+,12-11+,15-14+/t29-/m0/s1. The molecule has 0 rings (SSSR count). The molecule has 1 atom stereocenters. The predicted octanol–water partition coefficient (Wildman–Crippen LogP) is 8.16. The van der Waals surface area contributed by atoms with Gasteiger partial charge in [0.1, 0.15) is 6.61 Å². The van der Waals surface area contributed by atoms with E-state index in [4.69, 9.17) is 9.47 Å². The molecule has 0 aliphatic rings. The van der Waals surface area contributed by atoms with Crippen LogP contribution < -0.4 is 0 Å². The van der Waals surface area contributed by atoms with Crippen molar-refractivity contribution in [2.45, 2.75) is 136 Å². The highest BCUT2D eigenvalue weighted by Crippen LogP contribution is 2.11. The Kier molecular flexibility index (Phi) is 26.3. The summed E-state index contributed by atoms with van der Waals surface area (Å²) in [5.74, 6) is -0.623. The van der Waals surface area contributed by atoms with Crippen molar-refractivity contribution < 1.29 is 24.2 Å². The molecule has 0 aromatic heterocycles. The van der Waals surface area contributed by atoms with Gasteiger partial charge in [0.2, 0.25) is 0 Å². The van der Waals surface area contributed by atoms with Crippen LogP contribution in [0.15, 0.2) is 36.5 Å². The molecule has 0 fully saturated rings. The Bertz CT molecular complexity index is 594. The Balaban J connectivity index is 3.65. The number of esters is 2. The highest BCUT2D eigenvalue weighted by atomic mass is 16.6. The number of unbranched alkanes of at least 4 members (excludes halogenated alkanes) is 11. The van der Waals surface area contributed by atoms with Gasteiger partial charge in [-0.3, -0.25) is 9.59 Å². The molecular formula is C31H54O5. The van der Waals surface area contributed by atoms with Crippen molar-refractivity contribution in [3.8, 4) is 0 Å². The molecule has 0 bridgehead atoms. The van der Waals surface area contributed by atoms with Crippen molar-refractivity contribution in [2.75, 3.05) is 13.2 Å². The minimum atomic E-state index is -0.773. The van der Waals surface area contributed by atoms with E-state index < -0.39 is 6.10 Å². The van der Waals surface area contributed by atoms with Gasteiger partial charge in [-0.25, -0.2) is 0 Å². The predicted molar refractivity (Wildman–Crippen MR) is 150 cm³/mol. The molecule has 0 aliphatic heterocycles. The van der Waals surface area contributed by atoms with Gasteiger partial charge in [-0.1, -0.05) is 108 Å².